The van der Waals surface area contributed by atoms with Gasteiger partial charge >= 0.3 is 0 Å². The first-order valence-corrected chi connectivity index (χ1v) is 15.4. The van der Waals surface area contributed by atoms with Gasteiger partial charge in [-0.3, -0.25) is 19.5 Å². The van der Waals surface area contributed by atoms with Crippen molar-refractivity contribution in [2.75, 3.05) is 30.8 Å². The van der Waals surface area contributed by atoms with Crippen molar-refractivity contribution in [1.82, 2.24) is 9.88 Å². The van der Waals surface area contributed by atoms with E-state index in [2.05, 4.69) is 57.4 Å². The number of anilines is 2. The highest BCUT2D eigenvalue weighted by atomic mass is 16.5. The minimum Gasteiger partial charge on any atom is -0.497 e. The zero-order valence-electron chi connectivity index (χ0n) is 24.6. The largest absolute Gasteiger partial charge is 0.497 e. The maximum atomic E-state index is 13.3. The van der Waals surface area contributed by atoms with Gasteiger partial charge in [0.2, 0.25) is 0 Å². The number of hydrogen-bond acceptors (Lipinski definition) is 7. The topological polar surface area (TPSA) is 83.6 Å². The minimum atomic E-state index is -0.480. The monoisotopic (exact) mass is 582 g/mol. The predicted molar refractivity (Wildman–Crippen MR) is 175 cm³/mol. The van der Waals surface area contributed by atoms with Gasteiger partial charge in [0, 0.05) is 24.2 Å². The molecule has 0 radical (unpaired) electrons. The van der Waals surface area contributed by atoms with Gasteiger partial charge in [-0.05, 0) is 83.3 Å². The predicted octanol–water partition coefficient (Wildman–Crippen LogP) is 6.07. The van der Waals surface area contributed by atoms with Gasteiger partial charge in [0.25, 0.3) is 10.9 Å². The van der Waals surface area contributed by atoms with Crippen LogP contribution in [-0.4, -0.2) is 36.1 Å². The number of benzene rings is 3. The van der Waals surface area contributed by atoms with Crippen molar-refractivity contribution >= 4 is 22.3 Å². The molecule has 9 rings (SSSR count). The number of nitrogens with zero attached hydrogens (tertiary/aromatic N) is 2. The summed E-state index contributed by atoms with van der Waals surface area (Å²) in [5.41, 5.74) is 6.14. The van der Waals surface area contributed by atoms with Crippen LogP contribution >= 0.6 is 0 Å². The van der Waals surface area contributed by atoms with Crippen LogP contribution in [0.25, 0.3) is 22.0 Å². The van der Waals surface area contributed by atoms with E-state index in [0.29, 0.717) is 23.2 Å². The van der Waals surface area contributed by atoms with Crippen LogP contribution in [0.5, 0.6) is 5.75 Å². The minimum absolute atomic E-state index is 0.131. The molecule has 220 valence electrons. The molecule has 7 heteroatoms. The average molecular weight is 583 g/mol. The van der Waals surface area contributed by atoms with Crippen LogP contribution in [0, 0.1) is 11.8 Å². The molecule has 44 heavy (non-hydrogen) atoms. The number of piperidine rings is 3. The summed E-state index contributed by atoms with van der Waals surface area (Å²) in [4.78, 5) is 33.7. The molecular formula is C37H34N4O3. The first kappa shape index (κ1) is 26.8. The molecule has 0 spiro atoms. The number of aromatic nitrogens is 1. The Bertz CT molecular complexity index is 1950. The summed E-state index contributed by atoms with van der Waals surface area (Å²) in [6.45, 7) is 6.05. The number of hydrogen-bond donors (Lipinski definition) is 2. The number of methoxy groups -OCH3 is 1. The fourth-order valence-electron chi connectivity index (χ4n) is 7.93. The van der Waals surface area contributed by atoms with Crippen molar-refractivity contribution in [2.24, 2.45) is 11.8 Å². The second kappa shape index (κ2) is 10.5. The summed E-state index contributed by atoms with van der Waals surface area (Å²) in [7, 11) is 1.66. The van der Waals surface area contributed by atoms with Crippen LogP contribution < -0.4 is 26.2 Å². The number of pyridine rings is 1. The van der Waals surface area contributed by atoms with Crippen LogP contribution in [0.15, 0.2) is 101 Å². The molecule has 4 unspecified atom stereocenters. The first-order chi connectivity index (χ1) is 21.6. The van der Waals surface area contributed by atoms with Gasteiger partial charge in [-0.15, -0.1) is 6.58 Å². The molecule has 0 saturated carbocycles. The van der Waals surface area contributed by atoms with Crippen molar-refractivity contribution in [1.29, 1.82) is 0 Å². The average Bonchev–Trinajstić information content (AvgIpc) is 3.40. The van der Waals surface area contributed by atoms with Crippen molar-refractivity contribution in [2.45, 2.75) is 31.0 Å². The highest BCUT2D eigenvalue weighted by Crippen LogP contribution is 2.46. The molecule has 5 atom stereocenters. The van der Waals surface area contributed by atoms with Gasteiger partial charge in [0.05, 0.1) is 24.7 Å². The Morgan fingerprint density at radius 3 is 2.39 bits per heavy atom. The van der Waals surface area contributed by atoms with Crippen LogP contribution in [0.1, 0.15) is 41.6 Å². The lowest BCUT2D eigenvalue weighted by Gasteiger charge is -2.52. The third kappa shape index (κ3) is 4.10. The fraction of sp³-hybridized carbons (Fsp3) is 0.270. The SMILES string of the molecule is C=CC1CN2CCC1CC2[C@H](Nc1c(NC2c3ccccc3-c3ccccc32)c(=O)c1=O)c1ccnc2ccc(OC)cc12. The Kier molecular flexibility index (Phi) is 6.38. The van der Waals surface area contributed by atoms with E-state index < -0.39 is 10.9 Å². The molecule has 3 aliphatic heterocycles. The zero-order valence-corrected chi connectivity index (χ0v) is 24.6. The van der Waals surface area contributed by atoms with E-state index in [1.165, 1.54) is 0 Å². The summed E-state index contributed by atoms with van der Waals surface area (Å²) < 4.78 is 5.59. The molecular weight excluding hydrogens is 548 g/mol. The quantitative estimate of drug-likeness (QED) is 0.170. The summed E-state index contributed by atoms with van der Waals surface area (Å²) >= 11 is 0. The number of fused-ring (bicyclic) bond motifs is 7. The van der Waals surface area contributed by atoms with E-state index >= 15 is 0 Å². The molecule has 2 N–H and O–H groups in total. The molecule has 3 fully saturated rings. The van der Waals surface area contributed by atoms with Crippen LogP contribution in [0.2, 0.25) is 0 Å². The number of rotatable bonds is 8. The number of ether oxygens (including phenoxy) is 1. The second-order valence-electron chi connectivity index (χ2n) is 12.3. The van der Waals surface area contributed by atoms with Gasteiger partial charge in [-0.25, -0.2) is 0 Å². The third-order valence-corrected chi connectivity index (χ3v) is 10.2. The van der Waals surface area contributed by atoms with E-state index in [-0.39, 0.29) is 18.1 Å². The van der Waals surface area contributed by atoms with E-state index in [9.17, 15) is 9.59 Å². The molecule has 1 aromatic heterocycles. The van der Waals surface area contributed by atoms with Crippen molar-refractivity contribution < 1.29 is 4.74 Å². The third-order valence-electron chi connectivity index (χ3n) is 10.2. The highest BCUT2D eigenvalue weighted by Gasteiger charge is 2.44. The molecule has 3 saturated heterocycles. The fourth-order valence-corrected chi connectivity index (χ4v) is 7.93. The Hall–Kier alpha value is -4.75. The second-order valence-corrected chi connectivity index (χ2v) is 12.3. The van der Waals surface area contributed by atoms with E-state index in [1.807, 2.05) is 54.7 Å². The van der Waals surface area contributed by atoms with E-state index in [1.54, 1.807) is 7.11 Å². The van der Waals surface area contributed by atoms with Crippen LogP contribution in [0.4, 0.5) is 11.4 Å². The normalized spacial score (nSPS) is 22.8. The molecule has 4 heterocycles. The smallest absolute Gasteiger partial charge is 0.253 e. The molecule has 4 aliphatic rings. The van der Waals surface area contributed by atoms with Gasteiger partial charge in [0.15, 0.2) is 0 Å². The van der Waals surface area contributed by atoms with Gasteiger partial charge in [-0.2, -0.15) is 0 Å². The lowest BCUT2D eigenvalue weighted by atomic mass is 9.73. The van der Waals surface area contributed by atoms with E-state index in [4.69, 9.17) is 4.74 Å². The Morgan fingerprint density at radius 1 is 0.977 bits per heavy atom. The summed E-state index contributed by atoms with van der Waals surface area (Å²) in [5, 5.41) is 8.13. The van der Waals surface area contributed by atoms with Crippen LogP contribution in [-0.2, 0) is 0 Å². The zero-order chi connectivity index (χ0) is 29.9. The molecule has 5 aromatic rings. The maximum Gasteiger partial charge on any atom is 0.253 e. The lowest BCUT2D eigenvalue weighted by molar-refractivity contribution is 0.0105. The van der Waals surface area contributed by atoms with Crippen molar-refractivity contribution in [3.8, 4) is 16.9 Å². The summed E-state index contributed by atoms with van der Waals surface area (Å²) in [5.74, 6) is 1.74. The first-order valence-electron chi connectivity index (χ1n) is 15.4. The molecule has 4 aromatic carbocycles. The molecule has 0 amide bonds. The highest BCUT2D eigenvalue weighted by molar-refractivity contribution is 5.86. The Morgan fingerprint density at radius 2 is 1.70 bits per heavy atom. The molecule has 2 bridgehead atoms. The van der Waals surface area contributed by atoms with E-state index in [0.717, 1.165) is 70.4 Å². The van der Waals surface area contributed by atoms with Gasteiger partial charge in [-0.1, -0.05) is 54.6 Å². The summed E-state index contributed by atoms with van der Waals surface area (Å²) in [6, 6.07) is 24.1. The Balaban J connectivity index is 1.21. The van der Waals surface area contributed by atoms with Crippen molar-refractivity contribution in [3.63, 3.8) is 0 Å². The maximum absolute atomic E-state index is 13.3. The molecule has 1 aliphatic carbocycles. The number of nitrogens with one attached hydrogen (secondary N) is 2. The molecule has 7 nitrogen and oxygen atoms in total. The standard InChI is InChI=1S/C37H34N4O3/c1-3-21-20-41-17-15-22(21)18-31(41)33(28-14-16-38-30-13-12-23(44-2)19-29(28)30)40-35-34(36(42)37(35)43)39-32-26-10-6-4-8-24(26)25-9-5-7-11-27(25)32/h3-14,16,19,21-22,31-33,39-40H,1,15,17-18,20H2,2H3/t21?,22?,31?,33-/m1/s1. The van der Waals surface area contributed by atoms with Crippen molar-refractivity contribution in [3.05, 3.63) is 129 Å². The van der Waals surface area contributed by atoms with Gasteiger partial charge in [0.1, 0.15) is 17.1 Å². The van der Waals surface area contributed by atoms with Gasteiger partial charge < -0.3 is 15.4 Å². The summed E-state index contributed by atoms with van der Waals surface area (Å²) in [6.07, 6.45) is 6.04. The Labute approximate surface area is 255 Å². The van der Waals surface area contributed by atoms with Crippen LogP contribution in [0.3, 0.4) is 0 Å². The lowest BCUT2D eigenvalue weighted by Crippen LogP contribution is -2.56.